The first-order valence-corrected chi connectivity index (χ1v) is 7.91. The monoisotopic (exact) mass is 376 g/mol. The van der Waals surface area contributed by atoms with E-state index in [1.165, 1.54) is 12.4 Å². The number of hydrogen-bond donors (Lipinski definition) is 0. The fourth-order valence-electron chi connectivity index (χ4n) is 3.14. The molecule has 2 aliphatic heterocycles. The smallest absolute Gasteiger partial charge is 0.496 e. The molecule has 2 aromatic rings. The lowest BCUT2D eigenvalue weighted by molar-refractivity contribution is -0.356. The molecule has 0 atom stereocenters. The maximum absolute atomic E-state index is 14.7. The summed E-state index contributed by atoms with van der Waals surface area (Å²) < 4.78 is 37.5. The molecule has 0 bridgehead atoms. The van der Waals surface area contributed by atoms with E-state index in [-0.39, 0.29) is 0 Å². The van der Waals surface area contributed by atoms with Gasteiger partial charge < -0.3 is 22.3 Å². The molecule has 0 amide bonds. The van der Waals surface area contributed by atoms with Crippen molar-refractivity contribution < 1.29 is 17.9 Å². The predicted octanol–water partition coefficient (Wildman–Crippen LogP) is 3.91. The molecule has 0 N–H and O–H groups in total. The summed E-state index contributed by atoms with van der Waals surface area (Å²) in [7, 11) is 1.59. The minimum atomic E-state index is -3.86. The van der Waals surface area contributed by atoms with Crippen LogP contribution < -0.4 is 4.74 Å². The van der Waals surface area contributed by atoms with E-state index in [1.807, 2.05) is 18.2 Å². The number of methoxy groups -OCH3 is 1. The van der Waals surface area contributed by atoms with Crippen LogP contribution in [0.5, 0.6) is 5.75 Å². The van der Waals surface area contributed by atoms with Crippen molar-refractivity contribution in [1.29, 1.82) is 0 Å². The molecule has 3 nitrogen and oxygen atoms in total. The van der Waals surface area contributed by atoms with Gasteiger partial charge in [-0.15, -0.1) is 0 Å². The van der Waals surface area contributed by atoms with Gasteiger partial charge in [0.25, 0.3) is 0 Å². The van der Waals surface area contributed by atoms with Crippen molar-refractivity contribution in [2.45, 2.75) is 0 Å². The minimum Gasteiger partial charge on any atom is -0.496 e. The molecular weight excluding hydrogens is 365 g/mol. The second-order valence-corrected chi connectivity index (χ2v) is 6.27. The number of aromatic nitrogens is 1. The lowest BCUT2D eigenvalue weighted by Gasteiger charge is -2.31. The molecule has 0 unspecified atom stereocenters. The first-order valence-electron chi connectivity index (χ1n) is 7.12. The van der Waals surface area contributed by atoms with Crippen molar-refractivity contribution >= 4 is 34.7 Å². The van der Waals surface area contributed by atoms with Crippen LogP contribution in [0, 0.1) is 0 Å². The molecule has 23 heavy (non-hydrogen) atoms. The Hall–Kier alpha value is -2.15. The molecule has 0 aliphatic carbocycles. The molecule has 0 saturated heterocycles. The summed E-state index contributed by atoms with van der Waals surface area (Å²) in [6, 6.07) is 8.96. The Kier molecular flexibility index (Phi) is 3.09. The number of ether oxygens (including phenoxy) is 1. The van der Waals surface area contributed by atoms with Crippen molar-refractivity contribution in [3.05, 3.63) is 70.1 Å². The average Bonchev–Trinajstić information content (AvgIpc) is 3.17. The van der Waals surface area contributed by atoms with Crippen LogP contribution in [0.3, 0.4) is 0 Å². The SMILES string of the molecule is COc1ccc(C2=C3C=CC=[N+]3[B-](F)(F)n3cccc32)cc1Br. The lowest BCUT2D eigenvalue weighted by atomic mass is 9.86. The van der Waals surface area contributed by atoms with E-state index < -0.39 is 6.97 Å². The minimum absolute atomic E-state index is 0.512. The maximum atomic E-state index is 14.7. The Morgan fingerprint density at radius 1 is 1.26 bits per heavy atom. The summed E-state index contributed by atoms with van der Waals surface area (Å²) in [5, 5.41) is 0. The third-order valence-electron chi connectivity index (χ3n) is 4.18. The third-order valence-corrected chi connectivity index (χ3v) is 4.80. The van der Waals surface area contributed by atoms with E-state index in [9.17, 15) is 8.63 Å². The van der Waals surface area contributed by atoms with Crippen LogP contribution in [-0.2, 0) is 0 Å². The van der Waals surface area contributed by atoms with E-state index in [4.69, 9.17) is 4.74 Å². The fraction of sp³-hybridized carbons (Fsp3) is 0.0625. The van der Waals surface area contributed by atoms with Crippen LogP contribution in [0.2, 0.25) is 0 Å². The molecule has 3 heterocycles. The Labute approximate surface area is 140 Å². The highest BCUT2D eigenvalue weighted by Gasteiger charge is 2.51. The van der Waals surface area contributed by atoms with Gasteiger partial charge in [0.2, 0.25) is 0 Å². The molecular formula is C16H12BBrF2N2O. The van der Waals surface area contributed by atoms with Crippen LogP contribution in [0.15, 0.2) is 58.9 Å². The normalized spacial score (nSPS) is 17.8. The Morgan fingerprint density at radius 3 is 2.83 bits per heavy atom. The van der Waals surface area contributed by atoms with Crippen LogP contribution >= 0.6 is 15.9 Å². The molecule has 1 aromatic heterocycles. The highest BCUT2D eigenvalue weighted by atomic mass is 79.9. The number of hydrogen-bond acceptors (Lipinski definition) is 1. The van der Waals surface area contributed by atoms with Crippen LogP contribution in [-0.4, -0.2) is 29.3 Å². The van der Waals surface area contributed by atoms with Gasteiger partial charge in [-0.2, -0.15) is 0 Å². The molecule has 0 saturated carbocycles. The zero-order chi connectivity index (χ0) is 16.2. The number of benzene rings is 1. The van der Waals surface area contributed by atoms with Crippen molar-refractivity contribution in [2.75, 3.05) is 7.11 Å². The summed E-state index contributed by atoms with van der Waals surface area (Å²) in [5.41, 5.74) is 2.65. The second kappa shape index (κ2) is 4.93. The number of rotatable bonds is 2. The van der Waals surface area contributed by atoms with Crippen LogP contribution in [0.4, 0.5) is 8.63 Å². The topological polar surface area (TPSA) is 17.2 Å². The van der Waals surface area contributed by atoms with Gasteiger partial charge in [-0.25, -0.2) is 0 Å². The highest BCUT2D eigenvalue weighted by Crippen LogP contribution is 2.40. The molecule has 0 spiro atoms. The van der Waals surface area contributed by atoms with Gasteiger partial charge in [-0.05, 0) is 52.0 Å². The molecule has 0 radical (unpaired) electrons. The van der Waals surface area contributed by atoms with E-state index in [0.717, 1.165) is 24.6 Å². The molecule has 2 aliphatic rings. The van der Waals surface area contributed by atoms with Gasteiger partial charge in [-0.3, -0.25) is 0 Å². The molecule has 116 valence electrons. The second-order valence-electron chi connectivity index (χ2n) is 5.41. The number of nitrogens with zero attached hydrogens (tertiary/aromatic N) is 2. The van der Waals surface area contributed by atoms with Gasteiger partial charge >= 0.3 is 6.97 Å². The first-order chi connectivity index (χ1) is 11.0. The van der Waals surface area contributed by atoms with Gasteiger partial charge in [0.15, 0.2) is 5.70 Å². The maximum Gasteiger partial charge on any atom is 0.737 e. The lowest BCUT2D eigenvalue weighted by Crippen LogP contribution is -2.49. The average molecular weight is 377 g/mol. The van der Waals surface area contributed by atoms with E-state index in [0.29, 0.717) is 17.1 Å². The molecule has 7 heteroatoms. The van der Waals surface area contributed by atoms with Gasteiger partial charge in [-0.1, -0.05) is 6.07 Å². The Balaban J connectivity index is 2.00. The van der Waals surface area contributed by atoms with Crippen molar-refractivity contribution in [3.8, 4) is 5.75 Å². The van der Waals surface area contributed by atoms with Crippen molar-refractivity contribution in [2.24, 2.45) is 0 Å². The first kappa shape index (κ1) is 14.4. The number of halogens is 3. The standard InChI is InChI=1S/C16H12BBrF2N2O/c1-23-15-7-6-11(10-12(15)18)16-13-4-2-8-21(13)17(19,20)22-9-3-5-14(16)22/h2-10H,1H3. The summed E-state index contributed by atoms with van der Waals surface area (Å²) in [6.07, 6.45) is 6.23. The van der Waals surface area contributed by atoms with E-state index >= 15 is 0 Å². The van der Waals surface area contributed by atoms with Crippen molar-refractivity contribution in [3.63, 3.8) is 0 Å². The van der Waals surface area contributed by atoms with Crippen LogP contribution in [0.1, 0.15) is 11.3 Å². The fourth-order valence-corrected chi connectivity index (χ4v) is 3.68. The number of allylic oxidation sites excluding steroid dienone is 2. The van der Waals surface area contributed by atoms with Gasteiger partial charge in [0, 0.05) is 17.8 Å². The van der Waals surface area contributed by atoms with Crippen LogP contribution in [0.25, 0.3) is 5.57 Å². The molecule has 1 aromatic carbocycles. The van der Waals surface area contributed by atoms with Gasteiger partial charge in [0.1, 0.15) is 12.0 Å². The quantitative estimate of drug-likeness (QED) is 0.726. The zero-order valence-corrected chi connectivity index (χ0v) is 13.8. The predicted molar refractivity (Wildman–Crippen MR) is 90.0 cm³/mol. The molecule has 4 rings (SSSR count). The summed E-state index contributed by atoms with van der Waals surface area (Å²) in [6.45, 7) is -3.86. The Morgan fingerprint density at radius 2 is 2.09 bits per heavy atom. The summed E-state index contributed by atoms with van der Waals surface area (Å²) >= 11 is 3.46. The Bertz CT molecular complexity index is 915. The van der Waals surface area contributed by atoms with Crippen molar-refractivity contribution in [1.82, 2.24) is 4.48 Å². The third kappa shape index (κ3) is 1.96. The van der Waals surface area contributed by atoms with E-state index in [2.05, 4.69) is 15.9 Å². The largest absolute Gasteiger partial charge is 0.737 e. The number of fused-ring (bicyclic) bond motifs is 2. The summed E-state index contributed by atoms with van der Waals surface area (Å²) in [5.74, 6) is 0.700. The van der Waals surface area contributed by atoms with Gasteiger partial charge in [0.05, 0.1) is 17.2 Å². The summed E-state index contributed by atoms with van der Waals surface area (Å²) in [4.78, 5) is 0. The molecule has 0 fully saturated rings. The van der Waals surface area contributed by atoms with E-state index in [1.54, 1.807) is 31.4 Å². The zero-order valence-electron chi connectivity index (χ0n) is 12.2. The highest BCUT2D eigenvalue weighted by molar-refractivity contribution is 9.10.